The first-order valence-electron chi connectivity index (χ1n) is 7.45. The molecule has 0 aliphatic carbocycles. The molecule has 6 heteroatoms. The van der Waals surface area contributed by atoms with Crippen LogP contribution in [-0.4, -0.2) is 31.1 Å². The van der Waals surface area contributed by atoms with Gasteiger partial charge in [-0.2, -0.15) is 5.26 Å². The van der Waals surface area contributed by atoms with Gasteiger partial charge in [0.15, 0.2) is 0 Å². The minimum absolute atomic E-state index is 0.0384. The molecule has 1 amide bonds. The Morgan fingerprint density at radius 3 is 2.32 bits per heavy atom. The van der Waals surface area contributed by atoms with E-state index in [4.69, 9.17) is 5.11 Å². The number of nitriles is 1. The highest BCUT2D eigenvalue weighted by Crippen LogP contribution is 2.18. The Balaban J connectivity index is 2.24. The standard InChI is InChI=1S/C19H17N3O3/c1-22(2)15-9-7-13(8-10-15)11-14(12-20)18(23)21-17-6-4-3-5-16(17)19(24)25/h3-11H,1-2H3,(H,21,23)(H,24,25)/b14-11-. The maximum Gasteiger partial charge on any atom is 0.337 e. The van der Waals surface area contributed by atoms with Crippen LogP contribution in [0.1, 0.15) is 15.9 Å². The van der Waals surface area contributed by atoms with Crippen LogP contribution in [0.4, 0.5) is 11.4 Å². The van der Waals surface area contributed by atoms with Gasteiger partial charge >= 0.3 is 5.97 Å². The fourth-order valence-electron chi connectivity index (χ4n) is 2.15. The summed E-state index contributed by atoms with van der Waals surface area (Å²) in [5.41, 5.74) is 1.68. The van der Waals surface area contributed by atoms with Crippen LogP contribution < -0.4 is 10.2 Å². The summed E-state index contributed by atoms with van der Waals surface area (Å²) >= 11 is 0. The molecule has 6 nitrogen and oxygen atoms in total. The van der Waals surface area contributed by atoms with Gasteiger partial charge in [-0.1, -0.05) is 24.3 Å². The molecule has 0 atom stereocenters. The molecular formula is C19H17N3O3. The number of rotatable bonds is 5. The van der Waals surface area contributed by atoms with Crippen LogP contribution in [0.5, 0.6) is 0 Å². The summed E-state index contributed by atoms with van der Waals surface area (Å²) < 4.78 is 0. The number of carboxylic acid groups (broad SMARTS) is 1. The van der Waals surface area contributed by atoms with E-state index in [-0.39, 0.29) is 16.8 Å². The summed E-state index contributed by atoms with van der Waals surface area (Å²) in [4.78, 5) is 25.4. The Kier molecular flexibility index (Phi) is 5.54. The van der Waals surface area contributed by atoms with Gasteiger partial charge in [-0.15, -0.1) is 0 Å². The molecule has 0 spiro atoms. The van der Waals surface area contributed by atoms with Crippen LogP contribution >= 0.6 is 0 Å². The zero-order valence-corrected chi connectivity index (χ0v) is 13.9. The largest absolute Gasteiger partial charge is 0.478 e. The van der Waals surface area contributed by atoms with Crippen LogP contribution in [0.3, 0.4) is 0 Å². The number of amides is 1. The van der Waals surface area contributed by atoms with Crippen LogP contribution in [0, 0.1) is 11.3 Å². The lowest BCUT2D eigenvalue weighted by molar-refractivity contribution is -0.112. The van der Waals surface area contributed by atoms with Gasteiger partial charge in [-0.05, 0) is 35.9 Å². The predicted molar refractivity (Wildman–Crippen MR) is 96.4 cm³/mol. The number of carbonyl (C=O) groups is 2. The molecule has 0 aliphatic rings. The number of nitrogens with one attached hydrogen (secondary N) is 1. The molecule has 25 heavy (non-hydrogen) atoms. The van der Waals surface area contributed by atoms with Crippen LogP contribution in [0.2, 0.25) is 0 Å². The number of carboxylic acids is 1. The average Bonchev–Trinajstić information content (AvgIpc) is 2.60. The molecule has 2 aromatic carbocycles. The van der Waals surface area contributed by atoms with E-state index < -0.39 is 11.9 Å². The molecule has 0 unspecified atom stereocenters. The summed E-state index contributed by atoms with van der Waals surface area (Å²) in [7, 11) is 3.83. The van der Waals surface area contributed by atoms with Crippen molar-refractivity contribution in [3.63, 3.8) is 0 Å². The minimum atomic E-state index is -1.15. The van der Waals surface area contributed by atoms with Crippen molar-refractivity contribution in [1.29, 1.82) is 5.26 Å². The van der Waals surface area contributed by atoms with Crippen LogP contribution in [0.15, 0.2) is 54.1 Å². The lowest BCUT2D eigenvalue weighted by atomic mass is 10.1. The molecule has 0 saturated heterocycles. The van der Waals surface area contributed by atoms with E-state index >= 15 is 0 Å². The number of hydrogen-bond acceptors (Lipinski definition) is 4. The molecule has 2 rings (SSSR count). The molecule has 0 radical (unpaired) electrons. The molecule has 0 heterocycles. The predicted octanol–water partition coefficient (Wildman–Crippen LogP) is 3.00. The molecule has 0 saturated carbocycles. The molecule has 0 fully saturated rings. The van der Waals surface area contributed by atoms with Gasteiger partial charge in [0.25, 0.3) is 5.91 Å². The summed E-state index contributed by atoms with van der Waals surface area (Å²) in [6, 6.07) is 15.2. The Hall–Kier alpha value is -3.59. The first-order valence-corrected chi connectivity index (χ1v) is 7.45. The Bertz CT molecular complexity index is 862. The minimum Gasteiger partial charge on any atom is -0.478 e. The van der Waals surface area contributed by atoms with Crippen LogP contribution in [0.25, 0.3) is 6.08 Å². The quantitative estimate of drug-likeness (QED) is 0.647. The third kappa shape index (κ3) is 4.45. The lowest BCUT2D eigenvalue weighted by Gasteiger charge is -2.12. The maximum atomic E-state index is 12.3. The van der Waals surface area contributed by atoms with Gasteiger partial charge in [-0.25, -0.2) is 4.79 Å². The van der Waals surface area contributed by atoms with E-state index in [9.17, 15) is 14.9 Å². The van der Waals surface area contributed by atoms with E-state index in [1.54, 1.807) is 24.3 Å². The summed E-state index contributed by atoms with van der Waals surface area (Å²) in [5, 5.41) is 20.9. The van der Waals surface area contributed by atoms with Crippen molar-refractivity contribution in [1.82, 2.24) is 0 Å². The van der Waals surface area contributed by atoms with Gasteiger partial charge in [0.05, 0.1) is 11.3 Å². The van der Waals surface area contributed by atoms with Crippen molar-refractivity contribution in [3.8, 4) is 6.07 Å². The number of hydrogen-bond donors (Lipinski definition) is 2. The van der Waals surface area contributed by atoms with Gasteiger partial charge in [0.1, 0.15) is 11.6 Å². The number of aromatic carboxylic acids is 1. The second-order valence-corrected chi connectivity index (χ2v) is 5.46. The molecule has 126 valence electrons. The average molecular weight is 335 g/mol. The first-order chi connectivity index (χ1) is 11.9. The SMILES string of the molecule is CN(C)c1ccc(/C=C(/C#N)C(=O)Nc2ccccc2C(=O)O)cc1. The zero-order chi connectivity index (χ0) is 18.4. The van der Waals surface area contributed by atoms with Gasteiger partial charge < -0.3 is 15.3 Å². The second kappa shape index (κ2) is 7.79. The number of benzene rings is 2. The summed E-state index contributed by atoms with van der Waals surface area (Å²) in [6.07, 6.45) is 1.46. The molecule has 2 aromatic rings. The van der Waals surface area contributed by atoms with Crippen molar-refractivity contribution in [2.24, 2.45) is 0 Å². The van der Waals surface area contributed by atoms with Gasteiger partial charge in [-0.3, -0.25) is 4.79 Å². The maximum absolute atomic E-state index is 12.3. The Morgan fingerprint density at radius 2 is 1.76 bits per heavy atom. The van der Waals surface area contributed by atoms with Crippen molar-refractivity contribution in [2.75, 3.05) is 24.3 Å². The third-order valence-corrected chi connectivity index (χ3v) is 3.49. The van der Waals surface area contributed by atoms with Crippen molar-refractivity contribution in [2.45, 2.75) is 0 Å². The van der Waals surface area contributed by atoms with Crippen molar-refractivity contribution < 1.29 is 14.7 Å². The zero-order valence-electron chi connectivity index (χ0n) is 13.9. The normalized spacial score (nSPS) is 10.7. The highest BCUT2D eigenvalue weighted by molar-refractivity contribution is 6.11. The van der Waals surface area contributed by atoms with Crippen LogP contribution in [-0.2, 0) is 4.79 Å². The van der Waals surface area contributed by atoms with E-state index in [0.717, 1.165) is 5.69 Å². The van der Waals surface area contributed by atoms with Gasteiger partial charge in [0, 0.05) is 19.8 Å². The molecule has 0 aliphatic heterocycles. The Labute approximate surface area is 145 Å². The first kappa shape index (κ1) is 17.8. The second-order valence-electron chi connectivity index (χ2n) is 5.46. The number of anilines is 2. The molecule has 0 aromatic heterocycles. The third-order valence-electron chi connectivity index (χ3n) is 3.49. The lowest BCUT2D eigenvalue weighted by Crippen LogP contribution is -2.16. The molecule has 2 N–H and O–H groups in total. The van der Waals surface area contributed by atoms with E-state index in [0.29, 0.717) is 5.56 Å². The van der Waals surface area contributed by atoms with E-state index in [2.05, 4.69) is 5.32 Å². The fourth-order valence-corrected chi connectivity index (χ4v) is 2.15. The highest BCUT2D eigenvalue weighted by atomic mass is 16.4. The molecular weight excluding hydrogens is 318 g/mol. The number of para-hydroxylation sites is 1. The van der Waals surface area contributed by atoms with Crippen molar-refractivity contribution in [3.05, 3.63) is 65.2 Å². The van der Waals surface area contributed by atoms with Crippen molar-refractivity contribution >= 4 is 29.3 Å². The van der Waals surface area contributed by atoms with E-state index in [1.807, 2.05) is 37.2 Å². The number of nitrogens with zero attached hydrogens (tertiary/aromatic N) is 2. The summed E-state index contributed by atoms with van der Waals surface area (Å²) in [6.45, 7) is 0. The fraction of sp³-hybridized carbons (Fsp3) is 0.105. The highest BCUT2D eigenvalue weighted by Gasteiger charge is 2.14. The number of carbonyl (C=O) groups excluding carboxylic acids is 1. The molecule has 0 bridgehead atoms. The van der Waals surface area contributed by atoms with Gasteiger partial charge in [0.2, 0.25) is 0 Å². The topological polar surface area (TPSA) is 93.4 Å². The summed E-state index contributed by atoms with van der Waals surface area (Å²) in [5.74, 6) is -1.81. The Morgan fingerprint density at radius 1 is 1.12 bits per heavy atom. The van der Waals surface area contributed by atoms with E-state index in [1.165, 1.54) is 18.2 Å². The smallest absolute Gasteiger partial charge is 0.337 e. The monoisotopic (exact) mass is 335 g/mol.